The van der Waals surface area contributed by atoms with E-state index in [1.807, 2.05) is 0 Å². The number of hydrogen-bond acceptors (Lipinski definition) is 4. The van der Waals surface area contributed by atoms with Crippen molar-refractivity contribution < 1.29 is 9.47 Å². The second-order valence-electron chi connectivity index (χ2n) is 6.21. The minimum absolute atomic E-state index is 0.786. The van der Waals surface area contributed by atoms with E-state index < -0.39 is 0 Å². The van der Waals surface area contributed by atoms with E-state index in [0.29, 0.717) is 0 Å². The average molecular weight is 306 g/mol. The Morgan fingerprint density at radius 1 is 1.09 bits per heavy atom. The van der Waals surface area contributed by atoms with Crippen LogP contribution in [-0.2, 0) is 11.2 Å². The lowest BCUT2D eigenvalue weighted by atomic mass is 10.1. The maximum Gasteiger partial charge on any atom is 0.119 e. The minimum Gasteiger partial charge on any atom is -0.494 e. The molecule has 0 bridgehead atoms. The number of rotatable bonds is 9. The maximum absolute atomic E-state index is 5.76. The Morgan fingerprint density at radius 3 is 2.50 bits per heavy atom. The normalized spacial score (nSPS) is 16.1. The van der Waals surface area contributed by atoms with Crippen molar-refractivity contribution in [1.29, 1.82) is 0 Å². The summed E-state index contributed by atoms with van der Waals surface area (Å²) in [6, 6.07) is 8.58. The SMILES string of the molecule is CN(C)CCCOc1ccc(CCCN2CCOCC2)cc1. The van der Waals surface area contributed by atoms with Crippen LogP contribution in [0.1, 0.15) is 18.4 Å². The Bertz CT molecular complexity index is 400. The van der Waals surface area contributed by atoms with Gasteiger partial charge in [-0.3, -0.25) is 4.90 Å². The van der Waals surface area contributed by atoms with E-state index in [4.69, 9.17) is 9.47 Å². The number of nitrogens with zero attached hydrogens (tertiary/aromatic N) is 2. The first-order valence-corrected chi connectivity index (χ1v) is 8.40. The number of ether oxygens (including phenoxy) is 2. The fourth-order valence-corrected chi connectivity index (χ4v) is 2.65. The van der Waals surface area contributed by atoms with Crippen molar-refractivity contribution in [1.82, 2.24) is 9.80 Å². The van der Waals surface area contributed by atoms with Crippen molar-refractivity contribution in [3.8, 4) is 5.75 Å². The molecule has 124 valence electrons. The molecule has 1 heterocycles. The fourth-order valence-electron chi connectivity index (χ4n) is 2.65. The predicted octanol–water partition coefficient (Wildman–Crippen LogP) is 2.28. The fraction of sp³-hybridized carbons (Fsp3) is 0.667. The molecule has 4 nitrogen and oxygen atoms in total. The second-order valence-corrected chi connectivity index (χ2v) is 6.21. The molecule has 0 N–H and O–H groups in total. The zero-order valence-electron chi connectivity index (χ0n) is 14.1. The highest BCUT2D eigenvalue weighted by Gasteiger charge is 2.09. The van der Waals surface area contributed by atoms with E-state index in [2.05, 4.69) is 48.2 Å². The van der Waals surface area contributed by atoms with Crippen LogP contribution >= 0.6 is 0 Å². The zero-order chi connectivity index (χ0) is 15.6. The van der Waals surface area contributed by atoms with Crippen molar-refractivity contribution in [3.63, 3.8) is 0 Å². The highest BCUT2D eigenvalue weighted by Crippen LogP contribution is 2.14. The molecular weight excluding hydrogens is 276 g/mol. The van der Waals surface area contributed by atoms with Crippen LogP contribution in [0.25, 0.3) is 0 Å². The molecule has 1 aromatic rings. The Labute approximate surface area is 135 Å². The Morgan fingerprint density at radius 2 is 1.82 bits per heavy atom. The van der Waals surface area contributed by atoms with Crippen molar-refractivity contribution in [2.75, 3.05) is 60.1 Å². The van der Waals surface area contributed by atoms with Gasteiger partial charge >= 0.3 is 0 Å². The summed E-state index contributed by atoms with van der Waals surface area (Å²) in [5.74, 6) is 0.982. The molecule has 0 amide bonds. The van der Waals surface area contributed by atoms with Gasteiger partial charge in [0, 0.05) is 19.6 Å². The van der Waals surface area contributed by atoms with E-state index in [-0.39, 0.29) is 0 Å². The molecule has 1 fully saturated rings. The summed E-state index contributed by atoms with van der Waals surface area (Å²) in [5, 5.41) is 0. The summed E-state index contributed by atoms with van der Waals surface area (Å²) in [7, 11) is 4.18. The summed E-state index contributed by atoms with van der Waals surface area (Å²) in [6.07, 6.45) is 3.41. The van der Waals surface area contributed by atoms with Gasteiger partial charge < -0.3 is 14.4 Å². The molecular formula is C18H30N2O2. The van der Waals surface area contributed by atoms with Crippen molar-refractivity contribution in [2.45, 2.75) is 19.3 Å². The largest absolute Gasteiger partial charge is 0.494 e. The molecule has 1 saturated heterocycles. The Kier molecular flexibility index (Phi) is 7.71. The predicted molar refractivity (Wildman–Crippen MR) is 90.7 cm³/mol. The topological polar surface area (TPSA) is 24.9 Å². The highest BCUT2D eigenvalue weighted by molar-refractivity contribution is 5.27. The van der Waals surface area contributed by atoms with Crippen LogP contribution in [-0.4, -0.2) is 69.9 Å². The number of morpholine rings is 1. The van der Waals surface area contributed by atoms with Crippen molar-refractivity contribution in [2.24, 2.45) is 0 Å². The first-order valence-electron chi connectivity index (χ1n) is 8.40. The van der Waals surface area contributed by atoms with Gasteiger partial charge in [0.15, 0.2) is 0 Å². The van der Waals surface area contributed by atoms with Gasteiger partial charge in [-0.15, -0.1) is 0 Å². The Balaban J connectivity index is 1.61. The summed E-state index contributed by atoms with van der Waals surface area (Å²) in [5.41, 5.74) is 1.40. The van der Waals surface area contributed by atoms with Gasteiger partial charge in [-0.2, -0.15) is 0 Å². The number of aryl methyl sites for hydroxylation is 1. The van der Waals surface area contributed by atoms with Crippen LogP contribution in [0, 0.1) is 0 Å². The summed E-state index contributed by atoms with van der Waals surface area (Å²) >= 11 is 0. The first-order chi connectivity index (χ1) is 10.7. The number of hydrogen-bond donors (Lipinski definition) is 0. The molecule has 22 heavy (non-hydrogen) atoms. The molecule has 0 saturated carbocycles. The molecule has 1 aliphatic heterocycles. The van der Waals surface area contributed by atoms with Gasteiger partial charge in [0.05, 0.1) is 19.8 Å². The Hall–Kier alpha value is -1.10. The van der Waals surface area contributed by atoms with Crippen LogP contribution in [0.4, 0.5) is 0 Å². The molecule has 0 aromatic heterocycles. The van der Waals surface area contributed by atoms with Gasteiger partial charge in [-0.1, -0.05) is 12.1 Å². The monoisotopic (exact) mass is 306 g/mol. The lowest BCUT2D eigenvalue weighted by molar-refractivity contribution is 0.0374. The zero-order valence-corrected chi connectivity index (χ0v) is 14.1. The highest BCUT2D eigenvalue weighted by atomic mass is 16.5. The van der Waals surface area contributed by atoms with Gasteiger partial charge in [0.1, 0.15) is 5.75 Å². The average Bonchev–Trinajstić information content (AvgIpc) is 2.54. The van der Waals surface area contributed by atoms with E-state index in [0.717, 1.165) is 58.0 Å². The van der Waals surface area contributed by atoms with Crippen LogP contribution in [0.3, 0.4) is 0 Å². The number of benzene rings is 1. The smallest absolute Gasteiger partial charge is 0.119 e. The van der Waals surface area contributed by atoms with Crippen LogP contribution in [0.2, 0.25) is 0 Å². The van der Waals surface area contributed by atoms with Crippen LogP contribution in [0.15, 0.2) is 24.3 Å². The van der Waals surface area contributed by atoms with Crippen molar-refractivity contribution in [3.05, 3.63) is 29.8 Å². The molecule has 1 aromatic carbocycles. The third-order valence-electron chi connectivity index (χ3n) is 3.99. The molecule has 0 spiro atoms. The van der Waals surface area contributed by atoms with Crippen LogP contribution in [0.5, 0.6) is 5.75 Å². The van der Waals surface area contributed by atoms with Gasteiger partial charge in [-0.05, 0) is 57.6 Å². The van der Waals surface area contributed by atoms with E-state index in [1.54, 1.807) is 0 Å². The summed E-state index contributed by atoms with van der Waals surface area (Å²) in [4.78, 5) is 4.67. The molecule has 0 aliphatic carbocycles. The molecule has 0 radical (unpaired) electrons. The third-order valence-corrected chi connectivity index (χ3v) is 3.99. The summed E-state index contributed by atoms with van der Waals surface area (Å²) in [6.45, 7) is 6.97. The van der Waals surface area contributed by atoms with E-state index >= 15 is 0 Å². The third kappa shape index (κ3) is 6.77. The maximum atomic E-state index is 5.76. The molecule has 0 atom stereocenters. The quantitative estimate of drug-likeness (QED) is 0.654. The van der Waals surface area contributed by atoms with Crippen molar-refractivity contribution >= 4 is 0 Å². The standard InChI is InChI=1S/C18H30N2O2/c1-19(2)10-4-14-22-18-8-6-17(7-9-18)5-3-11-20-12-15-21-16-13-20/h6-9H,3-5,10-16H2,1-2H3. The molecule has 4 heteroatoms. The van der Waals surface area contributed by atoms with Crippen LogP contribution < -0.4 is 4.74 Å². The van der Waals surface area contributed by atoms with Gasteiger partial charge in [0.25, 0.3) is 0 Å². The van der Waals surface area contributed by atoms with E-state index in [9.17, 15) is 0 Å². The molecule has 1 aliphatic rings. The van der Waals surface area contributed by atoms with E-state index in [1.165, 1.54) is 18.5 Å². The molecule has 0 unspecified atom stereocenters. The second kappa shape index (κ2) is 9.82. The molecule has 2 rings (SSSR count). The van der Waals surface area contributed by atoms with Gasteiger partial charge in [-0.25, -0.2) is 0 Å². The lowest BCUT2D eigenvalue weighted by Gasteiger charge is -2.26. The summed E-state index contributed by atoms with van der Waals surface area (Å²) < 4.78 is 11.1. The minimum atomic E-state index is 0.786. The lowest BCUT2D eigenvalue weighted by Crippen LogP contribution is -2.36. The van der Waals surface area contributed by atoms with Gasteiger partial charge in [0.2, 0.25) is 0 Å². The first kappa shape index (κ1) is 17.3.